The van der Waals surface area contributed by atoms with Crippen LogP contribution in [0.2, 0.25) is 0 Å². The van der Waals surface area contributed by atoms with Crippen LogP contribution in [0.3, 0.4) is 0 Å². The van der Waals surface area contributed by atoms with Crippen LogP contribution in [-0.4, -0.2) is 17.8 Å². The van der Waals surface area contributed by atoms with Gasteiger partial charge in [0.2, 0.25) is 0 Å². The standard InChI is InChI=1S/C16H25NO2/c1-12(2)19-14-7-5-6-13(10-14)15(18)16(11-17)8-3-4-9-16/h5-7,10,12,15,18H,3-4,8-9,11,17H2,1-2H3. The molecule has 3 N–H and O–H groups in total. The zero-order valence-corrected chi connectivity index (χ0v) is 11.9. The van der Waals surface area contributed by atoms with E-state index in [2.05, 4.69) is 0 Å². The Kier molecular flexibility index (Phi) is 4.48. The van der Waals surface area contributed by atoms with E-state index in [1.165, 1.54) is 0 Å². The molecule has 2 rings (SSSR count). The normalized spacial score (nSPS) is 19.6. The summed E-state index contributed by atoms with van der Waals surface area (Å²) in [5, 5.41) is 10.7. The van der Waals surface area contributed by atoms with Crippen LogP contribution in [0.25, 0.3) is 0 Å². The third kappa shape index (κ3) is 3.10. The van der Waals surface area contributed by atoms with Gasteiger partial charge in [-0.15, -0.1) is 0 Å². The van der Waals surface area contributed by atoms with Crippen LogP contribution in [-0.2, 0) is 0 Å². The average molecular weight is 263 g/mol. The van der Waals surface area contributed by atoms with Gasteiger partial charge in [0.25, 0.3) is 0 Å². The molecule has 19 heavy (non-hydrogen) atoms. The first-order chi connectivity index (χ1) is 9.07. The summed E-state index contributed by atoms with van der Waals surface area (Å²) >= 11 is 0. The maximum atomic E-state index is 10.7. The fourth-order valence-corrected chi connectivity index (χ4v) is 3.05. The molecule has 1 fully saturated rings. The van der Waals surface area contributed by atoms with Crippen molar-refractivity contribution < 1.29 is 9.84 Å². The van der Waals surface area contributed by atoms with E-state index >= 15 is 0 Å². The Labute approximate surface area is 115 Å². The van der Waals surface area contributed by atoms with Gasteiger partial charge in [-0.1, -0.05) is 25.0 Å². The van der Waals surface area contributed by atoms with Crippen LogP contribution in [0.4, 0.5) is 0 Å². The summed E-state index contributed by atoms with van der Waals surface area (Å²) in [6.45, 7) is 4.55. The van der Waals surface area contributed by atoms with Gasteiger partial charge < -0.3 is 15.6 Å². The smallest absolute Gasteiger partial charge is 0.120 e. The molecule has 1 aromatic rings. The third-order valence-electron chi connectivity index (χ3n) is 4.13. The largest absolute Gasteiger partial charge is 0.491 e. The minimum atomic E-state index is -0.490. The van der Waals surface area contributed by atoms with Crippen LogP contribution < -0.4 is 10.5 Å². The van der Waals surface area contributed by atoms with Crippen molar-refractivity contribution in [1.82, 2.24) is 0 Å². The van der Waals surface area contributed by atoms with Crippen LogP contribution >= 0.6 is 0 Å². The third-order valence-corrected chi connectivity index (χ3v) is 4.13. The molecular weight excluding hydrogens is 238 g/mol. The zero-order chi connectivity index (χ0) is 13.9. The van der Waals surface area contributed by atoms with Gasteiger partial charge in [0.05, 0.1) is 12.2 Å². The Hall–Kier alpha value is -1.06. The molecule has 3 heteroatoms. The molecule has 1 atom stereocenters. The molecule has 1 saturated carbocycles. The topological polar surface area (TPSA) is 55.5 Å². The highest BCUT2D eigenvalue weighted by atomic mass is 16.5. The van der Waals surface area contributed by atoms with E-state index in [0.717, 1.165) is 37.0 Å². The summed E-state index contributed by atoms with van der Waals surface area (Å²) in [6, 6.07) is 7.78. The molecule has 3 nitrogen and oxygen atoms in total. The van der Waals surface area contributed by atoms with Crippen LogP contribution in [0.1, 0.15) is 51.2 Å². The lowest BCUT2D eigenvalue weighted by atomic mass is 9.77. The van der Waals surface area contributed by atoms with Crippen molar-refractivity contribution in [2.75, 3.05) is 6.54 Å². The number of nitrogens with two attached hydrogens (primary N) is 1. The molecule has 0 aromatic heterocycles. The second-order valence-electron chi connectivity index (χ2n) is 5.92. The number of aliphatic hydroxyl groups excluding tert-OH is 1. The molecule has 0 saturated heterocycles. The van der Waals surface area contributed by atoms with E-state index < -0.39 is 6.10 Å². The molecular formula is C16H25NO2. The monoisotopic (exact) mass is 263 g/mol. The molecule has 1 aliphatic carbocycles. The molecule has 0 aliphatic heterocycles. The minimum absolute atomic E-state index is 0.141. The predicted molar refractivity (Wildman–Crippen MR) is 77.1 cm³/mol. The Bertz CT molecular complexity index is 411. The summed E-state index contributed by atoms with van der Waals surface area (Å²) in [5.41, 5.74) is 6.71. The van der Waals surface area contributed by atoms with E-state index in [1.54, 1.807) is 0 Å². The van der Waals surface area contributed by atoms with Crippen molar-refractivity contribution >= 4 is 0 Å². The lowest BCUT2D eigenvalue weighted by Gasteiger charge is -2.33. The molecule has 0 spiro atoms. The van der Waals surface area contributed by atoms with E-state index in [-0.39, 0.29) is 11.5 Å². The highest BCUT2D eigenvalue weighted by Crippen LogP contribution is 2.47. The average Bonchev–Trinajstić information content (AvgIpc) is 2.87. The number of ether oxygens (including phenoxy) is 1. The van der Waals surface area contributed by atoms with Gasteiger partial charge in [-0.2, -0.15) is 0 Å². The van der Waals surface area contributed by atoms with Gasteiger partial charge in [0, 0.05) is 12.0 Å². The second-order valence-corrected chi connectivity index (χ2v) is 5.92. The summed E-state index contributed by atoms with van der Waals surface area (Å²) in [6.07, 6.45) is 4.00. The lowest BCUT2D eigenvalue weighted by Crippen LogP contribution is -2.34. The number of hydrogen-bond acceptors (Lipinski definition) is 3. The summed E-state index contributed by atoms with van der Waals surface area (Å²) in [5.74, 6) is 0.816. The minimum Gasteiger partial charge on any atom is -0.491 e. The van der Waals surface area contributed by atoms with Crippen molar-refractivity contribution in [3.63, 3.8) is 0 Å². The van der Waals surface area contributed by atoms with Gasteiger partial charge in [-0.3, -0.25) is 0 Å². The molecule has 1 unspecified atom stereocenters. The van der Waals surface area contributed by atoms with Crippen molar-refractivity contribution in [3.8, 4) is 5.75 Å². The van der Waals surface area contributed by atoms with E-state index in [4.69, 9.17) is 10.5 Å². The number of rotatable bonds is 5. The molecule has 1 aliphatic rings. The predicted octanol–water partition coefficient (Wildman–Crippen LogP) is 3.03. The first-order valence-electron chi connectivity index (χ1n) is 7.22. The maximum absolute atomic E-state index is 10.7. The molecule has 0 heterocycles. The lowest BCUT2D eigenvalue weighted by molar-refractivity contribution is 0.0331. The van der Waals surface area contributed by atoms with Gasteiger partial charge in [0.1, 0.15) is 5.75 Å². The van der Waals surface area contributed by atoms with Crippen molar-refractivity contribution in [2.45, 2.75) is 51.7 Å². The Balaban J connectivity index is 2.20. The first kappa shape index (κ1) is 14.4. The summed E-state index contributed by atoms with van der Waals surface area (Å²) in [7, 11) is 0. The number of aliphatic hydroxyl groups is 1. The molecule has 0 amide bonds. The van der Waals surface area contributed by atoms with Crippen molar-refractivity contribution in [2.24, 2.45) is 11.1 Å². The highest BCUT2D eigenvalue weighted by molar-refractivity contribution is 5.31. The van der Waals surface area contributed by atoms with Crippen molar-refractivity contribution in [1.29, 1.82) is 0 Å². The van der Waals surface area contributed by atoms with E-state index in [9.17, 15) is 5.11 Å². The van der Waals surface area contributed by atoms with Crippen LogP contribution in [0.15, 0.2) is 24.3 Å². The summed E-state index contributed by atoms with van der Waals surface area (Å²) < 4.78 is 5.69. The second kappa shape index (κ2) is 5.93. The molecule has 0 bridgehead atoms. The van der Waals surface area contributed by atoms with Crippen molar-refractivity contribution in [3.05, 3.63) is 29.8 Å². The van der Waals surface area contributed by atoms with Gasteiger partial charge in [0.15, 0.2) is 0 Å². The first-order valence-corrected chi connectivity index (χ1v) is 7.22. The fourth-order valence-electron chi connectivity index (χ4n) is 3.05. The fraction of sp³-hybridized carbons (Fsp3) is 0.625. The quantitative estimate of drug-likeness (QED) is 0.858. The van der Waals surface area contributed by atoms with Gasteiger partial charge in [-0.25, -0.2) is 0 Å². The number of hydrogen-bond donors (Lipinski definition) is 2. The maximum Gasteiger partial charge on any atom is 0.120 e. The van der Waals surface area contributed by atoms with Gasteiger partial charge in [-0.05, 0) is 44.4 Å². The Morgan fingerprint density at radius 2 is 2.00 bits per heavy atom. The Morgan fingerprint density at radius 3 is 2.58 bits per heavy atom. The van der Waals surface area contributed by atoms with Crippen LogP contribution in [0, 0.1) is 5.41 Å². The molecule has 0 radical (unpaired) electrons. The van der Waals surface area contributed by atoms with Crippen LogP contribution in [0.5, 0.6) is 5.75 Å². The van der Waals surface area contributed by atoms with Gasteiger partial charge >= 0.3 is 0 Å². The zero-order valence-electron chi connectivity index (χ0n) is 11.9. The highest BCUT2D eigenvalue weighted by Gasteiger charge is 2.40. The SMILES string of the molecule is CC(C)Oc1cccc(C(O)C2(CN)CCCC2)c1. The van der Waals surface area contributed by atoms with E-state index in [0.29, 0.717) is 6.54 Å². The molecule has 1 aromatic carbocycles. The molecule has 106 valence electrons. The number of benzene rings is 1. The Morgan fingerprint density at radius 1 is 1.32 bits per heavy atom. The summed E-state index contributed by atoms with van der Waals surface area (Å²) in [4.78, 5) is 0. The van der Waals surface area contributed by atoms with E-state index in [1.807, 2.05) is 38.1 Å².